The maximum atomic E-state index is 12.4. The lowest BCUT2D eigenvalue weighted by Crippen LogP contribution is -2.52. The third-order valence-electron chi connectivity index (χ3n) is 5.42. The molecule has 2 saturated heterocycles. The van der Waals surface area contributed by atoms with E-state index in [0.717, 1.165) is 45.0 Å². The molecule has 2 heterocycles. The summed E-state index contributed by atoms with van der Waals surface area (Å²) in [6.07, 6.45) is 4.27. The van der Waals surface area contributed by atoms with Crippen molar-refractivity contribution in [2.75, 3.05) is 52.5 Å². The van der Waals surface area contributed by atoms with Gasteiger partial charge in [0, 0.05) is 32.2 Å². The fourth-order valence-corrected chi connectivity index (χ4v) is 4.29. The molecule has 3 rings (SSSR count). The molecule has 2 aliphatic heterocycles. The van der Waals surface area contributed by atoms with Gasteiger partial charge in [-0.3, -0.25) is 14.6 Å². The first-order valence-electron chi connectivity index (χ1n) is 9.87. The van der Waals surface area contributed by atoms with Crippen LogP contribution in [0, 0.1) is 0 Å². The summed E-state index contributed by atoms with van der Waals surface area (Å²) < 4.78 is 5.44. The van der Waals surface area contributed by atoms with Crippen LogP contribution in [0.5, 0.6) is 0 Å². The number of amides is 1. The van der Waals surface area contributed by atoms with Crippen molar-refractivity contribution in [1.29, 1.82) is 0 Å². The highest BCUT2D eigenvalue weighted by molar-refractivity contribution is 6.42. The van der Waals surface area contributed by atoms with Crippen LogP contribution in [0.2, 0.25) is 10.0 Å². The Kier molecular flexibility index (Phi) is 8.22. The minimum Gasteiger partial charge on any atom is -0.379 e. The van der Waals surface area contributed by atoms with E-state index in [0.29, 0.717) is 35.6 Å². The van der Waals surface area contributed by atoms with Crippen LogP contribution in [0.25, 0.3) is 0 Å². The van der Waals surface area contributed by atoms with Gasteiger partial charge in [-0.25, -0.2) is 0 Å². The molecule has 7 heteroatoms. The molecule has 2 aliphatic rings. The highest BCUT2D eigenvalue weighted by Crippen LogP contribution is 2.25. The number of halogens is 2. The Hall–Kier alpha value is -0.850. The number of rotatable bonds is 7. The topological polar surface area (TPSA) is 44.8 Å². The van der Waals surface area contributed by atoms with Gasteiger partial charge in [-0.2, -0.15) is 0 Å². The lowest BCUT2D eigenvalue weighted by molar-refractivity contribution is -0.123. The number of carbonyl (C=O) groups excluding carboxylic acids is 1. The van der Waals surface area contributed by atoms with Gasteiger partial charge in [0.25, 0.3) is 0 Å². The molecule has 1 aromatic rings. The lowest BCUT2D eigenvalue weighted by Gasteiger charge is -2.39. The minimum absolute atomic E-state index is 0.0852. The zero-order valence-corrected chi connectivity index (χ0v) is 17.3. The number of morpholine rings is 1. The van der Waals surface area contributed by atoms with E-state index in [1.165, 1.54) is 19.3 Å². The summed E-state index contributed by atoms with van der Waals surface area (Å²) in [5.74, 6) is 0.0852. The second-order valence-electron chi connectivity index (χ2n) is 7.35. The number of carbonyl (C=O) groups is 1. The summed E-state index contributed by atoms with van der Waals surface area (Å²) >= 11 is 12.3. The number of hydrogen-bond donors (Lipinski definition) is 1. The SMILES string of the molecule is O=C(CN1CCCCC1CN1CCOCC1)NCCc1cccc(Cl)c1Cl. The standard InChI is InChI=1S/C20H29Cl2N3O2/c21-18-6-3-4-16(20(18)22)7-8-23-19(26)15-25-9-2-1-5-17(25)14-24-10-12-27-13-11-24/h3-4,6,17H,1-2,5,7-15H2,(H,23,26). The number of nitrogens with zero attached hydrogens (tertiary/aromatic N) is 2. The maximum Gasteiger partial charge on any atom is 0.234 e. The van der Waals surface area contributed by atoms with Crippen molar-refractivity contribution in [2.24, 2.45) is 0 Å². The predicted molar refractivity (Wildman–Crippen MR) is 110 cm³/mol. The van der Waals surface area contributed by atoms with Crippen LogP contribution in [-0.2, 0) is 16.0 Å². The molecule has 1 amide bonds. The van der Waals surface area contributed by atoms with E-state index >= 15 is 0 Å². The fraction of sp³-hybridized carbons (Fsp3) is 0.650. The van der Waals surface area contributed by atoms with Gasteiger partial charge in [0.15, 0.2) is 0 Å². The maximum absolute atomic E-state index is 12.4. The number of nitrogens with one attached hydrogen (secondary N) is 1. The van der Waals surface area contributed by atoms with Crippen LogP contribution in [0.15, 0.2) is 18.2 Å². The molecule has 27 heavy (non-hydrogen) atoms. The van der Waals surface area contributed by atoms with Crippen molar-refractivity contribution in [3.05, 3.63) is 33.8 Å². The molecule has 1 N–H and O–H groups in total. The van der Waals surface area contributed by atoms with E-state index in [1.54, 1.807) is 6.07 Å². The normalized spacial score (nSPS) is 21.9. The zero-order chi connectivity index (χ0) is 19.1. The molecule has 0 radical (unpaired) electrons. The van der Waals surface area contributed by atoms with E-state index in [4.69, 9.17) is 27.9 Å². The molecule has 0 aromatic heterocycles. The molecule has 1 atom stereocenters. The van der Waals surface area contributed by atoms with Crippen molar-refractivity contribution in [3.63, 3.8) is 0 Å². The quantitative estimate of drug-likeness (QED) is 0.746. The summed E-state index contributed by atoms with van der Waals surface area (Å²) in [5, 5.41) is 4.17. The molecular formula is C20H29Cl2N3O2. The smallest absolute Gasteiger partial charge is 0.234 e. The fourth-order valence-electron chi connectivity index (χ4n) is 3.88. The van der Waals surface area contributed by atoms with Crippen molar-refractivity contribution in [2.45, 2.75) is 31.7 Å². The second kappa shape index (κ2) is 10.6. The van der Waals surface area contributed by atoms with E-state index in [2.05, 4.69) is 15.1 Å². The Morgan fingerprint density at radius 2 is 2.00 bits per heavy atom. The Bertz CT molecular complexity index is 623. The van der Waals surface area contributed by atoms with Crippen LogP contribution in [0.1, 0.15) is 24.8 Å². The highest BCUT2D eigenvalue weighted by Gasteiger charge is 2.26. The summed E-state index contributed by atoms with van der Waals surface area (Å²) in [4.78, 5) is 17.3. The van der Waals surface area contributed by atoms with Gasteiger partial charge in [-0.05, 0) is 37.4 Å². The van der Waals surface area contributed by atoms with Gasteiger partial charge < -0.3 is 10.1 Å². The van der Waals surface area contributed by atoms with Crippen LogP contribution in [0.4, 0.5) is 0 Å². The largest absolute Gasteiger partial charge is 0.379 e. The monoisotopic (exact) mass is 413 g/mol. The molecular weight excluding hydrogens is 385 g/mol. The molecule has 150 valence electrons. The van der Waals surface area contributed by atoms with Gasteiger partial charge in [-0.1, -0.05) is 41.8 Å². The van der Waals surface area contributed by atoms with Gasteiger partial charge in [-0.15, -0.1) is 0 Å². The average Bonchev–Trinajstić information content (AvgIpc) is 2.67. The first-order chi connectivity index (χ1) is 13.1. The number of benzene rings is 1. The Labute approximate surface area is 171 Å². The molecule has 5 nitrogen and oxygen atoms in total. The van der Waals surface area contributed by atoms with Gasteiger partial charge in [0.05, 0.1) is 29.8 Å². The molecule has 1 aromatic carbocycles. The van der Waals surface area contributed by atoms with Crippen LogP contribution in [0.3, 0.4) is 0 Å². The van der Waals surface area contributed by atoms with E-state index in [9.17, 15) is 4.79 Å². The van der Waals surface area contributed by atoms with Crippen molar-refractivity contribution < 1.29 is 9.53 Å². The van der Waals surface area contributed by atoms with Gasteiger partial charge in [0.1, 0.15) is 0 Å². The molecule has 0 spiro atoms. The van der Waals surface area contributed by atoms with Crippen molar-refractivity contribution in [1.82, 2.24) is 15.1 Å². The summed E-state index contributed by atoms with van der Waals surface area (Å²) in [6.45, 7) is 6.71. The van der Waals surface area contributed by atoms with Crippen LogP contribution >= 0.6 is 23.2 Å². The third-order valence-corrected chi connectivity index (χ3v) is 6.27. The average molecular weight is 414 g/mol. The second-order valence-corrected chi connectivity index (χ2v) is 8.13. The summed E-state index contributed by atoms with van der Waals surface area (Å²) in [7, 11) is 0. The van der Waals surface area contributed by atoms with E-state index in [1.807, 2.05) is 12.1 Å². The predicted octanol–water partition coefficient (Wildman–Crippen LogP) is 2.84. The lowest BCUT2D eigenvalue weighted by atomic mass is 10.0. The number of piperidine rings is 1. The van der Waals surface area contributed by atoms with Crippen LogP contribution in [-0.4, -0.2) is 74.2 Å². The summed E-state index contributed by atoms with van der Waals surface area (Å²) in [5.41, 5.74) is 0.965. The van der Waals surface area contributed by atoms with Crippen molar-refractivity contribution in [3.8, 4) is 0 Å². The van der Waals surface area contributed by atoms with Crippen LogP contribution < -0.4 is 5.32 Å². The number of ether oxygens (including phenoxy) is 1. The molecule has 2 fully saturated rings. The van der Waals surface area contributed by atoms with E-state index in [-0.39, 0.29) is 5.91 Å². The molecule has 1 unspecified atom stereocenters. The third kappa shape index (κ3) is 6.33. The van der Waals surface area contributed by atoms with Gasteiger partial charge in [0.2, 0.25) is 5.91 Å². The Morgan fingerprint density at radius 3 is 2.81 bits per heavy atom. The van der Waals surface area contributed by atoms with Gasteiger partial charge >= 0.3 is 0 Å². The number of likely N-dealkylation sites (tertiary alicyclic amines) is 1. The first-order valence-corrected chi connectivity index (χ1v) is 10.6. The van der Waals surface area contributed by atoms with Crippen molar-refractivity contribution >= 4 is 29.1 Å². The minimum atomic E-state index is 0.0852. The highest BCUT2D eigenvalue weighted by atomic mass is 35.5. The van der Waals surface area contributed by atoms with E-state index < -0.39 is 0 Å². The number of hydrogen-bond acceptors (Lipinski definition) is 4. The molecule has 0 aliphatic carbocycles. The Balaban J connectivity index is 1.44. The summed E-state index contributed by atoms with van der Waals surface area (Å²) in [6, 6.07) is 6.07. The Morgan fingerprint density at radius 1 is 1.19 bits per heavy atom. The molecule has 0 bridgehead atoms. The molecule has 0 saturated carbocycles. The first kappa shape index (κ1) is 20.9. The zero-order valence-electron chi connectivity index (χ0n) is 15.8.